The molecule has 27 heavy (non-hydrogen) atoms. The van der Waals surface area contributed by atoms with Gasteiger partial charge in [-0.05, 0) is 24.3 Å². The molecule has 7 nitrogen and oxygen atoms in total. The van der Waals surface area contributed by atoms with E-state index in [1.54, 1.807) is 29.3 Å². The number of anilines is 1. The molecule has 1 aromatic heterocycles. The molecule has 1 aliphatic rings. The third kappa shape index (κ3) is 4.39. The predicted molar refractivity (Wildman–Crippen MR) is 96.5 cm³/mol. The van der Waals surface area contributed by atoms with E-state index in [4.69, 9.17) is 5.26 Å². The molecule has 2 amide bonds. The SMILES string of the molecule is N#Cc1ccnc(N2CCN(C(=O)CNC(=O)c3ccccc3F)CC2)c1. The smallest absolute Gasteiger partial charge is 0.254 e. The quantitative estimate of drug-likeness (QED) is 0.876. The molecule has 0 spiro atoms. The lowest BCUT2D eigenvalue weighted by atomic mass is 10.2. The van der Waals surface area contributed by atoms with Crippen molar-refractivity contribution < 1.29 is 14.0 Å². The molecule has 2 heterocycles. The van der Waals surface area contributed by atoms with Crippen LogP contribution < -0.4 is 10.2 Å². The van der Waals surface area contributed by atoms with E-state index in [9.17, 15) is 14.0 Å². The van der Waals surface area contributed by atoms with Crippen LogP contribution in [0.5, 0.6) is 0 Å². The highest BCUT2D eigenvalue weighted by atomic mass is 19.1. The van der Waals surface area contributed by atoms with Crippen molar-refractivity contribution in [3.63, 3.8) is 0 Å². The fraction of sp³-hybridized carbons (Fsp3) is 0.263. The Labute approximate surface area is 156 Å². The van der Waals surface area contributed by atoms with E-state index < -0.39 is 11.7 Å². The van der Waals surface area contributed by atoms with E-state index in [2.05, 4.69) is 16.4 Å². The first-order valence-electron chi connectivity index (χ1n) is 8.50. The number of nitriles is 1. The van der Waals surface area contributed by atoms with E-state index in [0.29, 0.717) is 37.6 Å². The standard InChI is InChI=1S/C19H18FN5O2/c20-16-4-2-1-3-15(16)19(27)23-13-18(26)25-9-7-24(8-10-25)17-11-14(12-21)5-6-22-17/h1-6,11H,7-10,13H2,(H,23,27). The number of carbonyl (C=O) groups is 2. The Bertz CT molecular complexity index is 888. The summed E-state index contributed by atoms with van der Waals surface area (Å²) in [6, 6.07) is 11.1. The van der Waals surface area contributed by atoms with Crippen molar-refractivity contribution in [2.24, 2.45) is 0 Å². The van der Waals surface area contributed by atoms with Crippen molar-refractivity contribution in [1.29, 1.82) is 5.26 Å². The number of pyridine rings is 1. The number of nitrogens with zero attached hydrogens (tertiary/aromatic N) is 4. The molecule has 3 rings (SSSR count). The maximum Gasteiger partial charge on any atom is 0.254 e. The largest absolute Gasteiger partial charge is 0.353 e. The summed E-state index contributed by atoms with van der Waals surface area (Å²) in [5.74, 6) is -0.757. The van der Waals surface area contributed by atoms with Gasteiger partial charge in [0.25, 0.3) is 5.91 Å². The van der Waals surface area contributed by atoms with E-state index in [1.165, 1.54) is 18.2 Å². The predicted octanol–water partition coefficient (Wildman–Crippen LogP) is 1.17. The number of benzene rings is 1. The number of piperazine rings is 1. The van der Waals surface area contributed by atoms with Crippen LogP contribution in [0, 0.1) is 17.1 Å². The van der Waals surface area contributed by atoms with Gasteiger partial charge < -0.3 is 15.1 Å². The Balaban J connectivity index is 1.51. The molecule has 1 aliphatic heterocycles. The van der Waals surface area contributed by atoms with Crippen LogP contribution in [0.1, 0.15) is 15.9 Å². The summed E-state index contributed by atoms with van der Waals surface area (Å²) in [7, 11) is 0. The fourth-order valence-corrected chi connectivity index (χ4v) is 2.85. The molecule has 0 unspecified atom stereocenters. The van der Waals surface area contributed by atoms with Crippen molar-refractivity contribution in [2.75, 3.05) is 37.6 Å². The van der Waals surface area contributed by atoms with Crippen LogP contribution >= 0.6 is 0 Å². The van der Waals surface area contributed by atoms with Gasteiger partial charge in [0.2, 0.25) is 5.91 Å². The summed E-state index contributed by atoms with van der Waals surface area (Å²) in [5.41, 5.74) is 0.452. The van der Waals surface area contributed by atoms with Gasteiger partial charge in [0.05, 0.1) is 23.7 Å². The molecule has 1 aromatic carbocycles. The van der Waals surface area contributed by atoms with Crippen LogP contribution in [0.2, 0.25) is 0 Å². The number of rotatable bonds is 4. The summed E-state index contributed by atoms with van der Waals surface area (Å²) >= 11 is 0. The van der Waals surface area contributed by atoms with Crippen LogP contribution in [-0.4, -0.2) is 54.4 Å². The number of aromatic nitrogens is 1. The second kappa shape index (κ2) is 8.27. The lowest BCUT2D eigenvalue weighted by Crippen LogP contribution is -2.51. The highest BCUT2D eigenvalue weighted by Gasteiger charge is 2.22. The van der Waals surface area contributed by atoms with Crippen molar-refractivity contribution in [3.8, 4) is 6.07 Å². The highest BCUT2D eigenvalue weighted by molar-refractivity contribution is 5.96. The normalized spacial score (nSPS) is 13.8. The molecular formula is C19H18FN5O2. The zero-order valence-corrected chi connectivity index (χ0v) is 14.6. The van der Waals surface area contributed by atoms with E-state index in [-0.39, 0.29) is 18.0 Å². The third-order valence-corrected chi connectivity index (χ3v) is 4.35. The molecule has 0 saturated carbocycles. The highest BCUT2D eigenvalue weighted by Crippen LogP contribution is 2.15. The Morgan fingerprint density at radius 1 is 1.19 bits per heavy atom. The van der Waals surface area contributed by atoms with Crippen molar-refractivity contribution >= 4 is 17.6 Å². The molecule has 138 valence electrons. The zero-order valence-electron chi connectivity index (χ0n) is 14.6. The van der Waals surface area contributed by atoms with Gasteiger partial charge in [0.15, 0.2) is 0 Å². The molecule has 1 fully saturated rings. The van der Waals surface area contributed by atoms with Gasteiger partial charge >= 0.3 is 0 Å². The van der Waals surface area contributed by atoms with Crippen LogP contribution in [0.3, 0.4) is 0 Å². The van der Waals surface area contributed by atoms with Crippen molar-refractivity contribution in [3.05, 3.63) is 59.5 Å². The maximum absolute atomic E-state index is 13.6. The first-order valence-corrected chi connectivity index (χ1v) is 8.50. The van der Waals surface area contributed by atoms with E-state index in [1.807, 2.05) is 4.90 Å². The molecule has 0 radical (unpaired) electrons. The Kier molecular flexibility index (Phi) is 5.61. The molecule has 0 aliphatic carbocycles. The van der Waals surface area contributed by atoms with Gasteiger partial charge in [0.1, 0.15) is 11.6 Å². The topological polar surface area (TPSA) is 89.3 Å². The van der Waals surface area contributed by atoms with Crippen LogP contribution in [0.25, 0.3) is 0 Å². The van der Waals surface area contributed by atoms with Gasteiger partial charge in [-0.1, -0.05) is 12.1 Å². The lowest BCUT2D eigenvalue weighted by Gasteiger charge is -2.35. The van der Waals surface area contributed by atoms with Gasteiger partial charge in [-0.25, -0.2) is 9.37 Å². The van der Waals surface area contributed by atoms with Crippen molar-refractivity contribution in [1.82, 2.24) is 15.2 Å². The number of hydrogen-bond donors (Lipinski definition) is 1. The zero-order chi connectivity index (χ0) is 19.2. The number of hydrogen-bond acceptors (Lipinski definition) is 5. The Hall–Kier alpha value is -3.47. The second-order valence-corrected chi connectivity index (χ2v) is 6.04. The van der Waals surface area contributed by atoms with Crippen LogP contribution in [0.4, 0.5) is 10.2 Å². The number of amides is 2. The molecule has 1 N–H and O–H groups in total. The minimum atomic E-state index is -0.622. The van der Waals surface area contributed by atoms with Crippen LogP contribution in [0.15, 0.2) is 42.6 Å². The Morgan fingerprint density at radius 3 is 2.63 bits per heavy atom. The molecule has 1 saturated heterocycles. The molecule has 0 atom stereocenters. The van der Waals surface area contributed by atoms with Gasteiger partial charge in [-0.2, -0.15) is 5.26 Å². The number of nitrogens with one attached hydrogen (secondary N) is 1. The minimum Gasteiger partial charge on any atom is -0.353 e. The van der Waals surface area contributed by atoms with E-state index in [0.717, 1.165) is 0 Å². The summed E-state index contributed by atoms with van der Waals surface area (Å²) in [4.78, 5) is 32.2. The summed E-state index contributed by atoms with van der Waals surface area (Å²) < 4.78 is 13.6. The van der Waals surface area contributed by atoms with Crippen LogP contribution in [-0.2, 0) is 4.79 Å². The van der Waals surface area contributed by atoms with Crippen molar-refractivity contribution in [2.45, 2.75) is 0 Å². The average Bonchev–Trinajstić information content (AvgIpc) is 2.72. The summed E-state index contributed by atoms with van der Waals surface area (Å²) in [6.07, 6.45) is 1.59. The fourth-order valence-electron chi connectivity index (χ4n) is 2.85. The van der Waals surface area contributed by atoms with Gasteiger partial charge in [-0.15, -0.1) is 0 Å². The number of carbonyl (C=O) groups excluding carboxylic acids is 2. The second-order valence-electron chi connectivity index (χ2n) is 6.04. The number of halogens is 1. The van der Waals surface area contributed by atoms with Gasteiger partial charge in [0, 0.05) is 32.4 Å². The molecular weight excluding hydrogens is 349 g/mol. The minimum absolute atomic E-state index is 0.0847. The third-order valence-electron chi connectivity index (χ3n) is 4.35. The summed E-state index contributed by atoms with van der Waals surface area (Å²) in [6.45, 7) is 1.93. The summed E-state index contributed by atoms with van der Waals surface area (Å²) in [5, 5.41) is 11.4. The first kappa shape index (κ1) is 18.3. The Morgan fingerprint density at radius 2 is 1.93 bits per heavy atom. The average molecular weight is 367 g/mol. The first-order chi connectivity index (χ1) is 13.1. The monoisotopic (exact) mass is 367 g/mol. The van der Waals surface area contributed by atoms with E-state index >= 15 is 0 Å². The molecule has 0 bridgehead atoms. The maximum atomic E-state index is 13.6. The van der Waals surface area contributed by atoms with Gasteiger partial charge in [-0.3, -0.25) is 9.59 Å². The molecule has 8 heteroatoms. The molecule has 2 aromatic rings. The lowest BCUT2D eigenvalue weighted by molar-refractivity contribution is -0.130.